The van der Waals surface area contributed by atoms with Crippen LogP contribution in [-0.2, 0) is 7.05 Å². The average Bonchev–Trinajstić information content (AvgIpc) is 2.91. The maximum atomic E-state index is 12.2. The van der Waals surface area contributed by atoms with Crippen molar-refractivity contribution in [3.8, 4) is 0 Å². The summed E-state index contributed by atoms with van der Waals surface area (Å²) in [6, 6.07) is 3.08. The van der Waals surface area contributed by atoms with Crippen LogP contribution in [0.1, 0.15) is 16.2 Å². The molecule has 3 aromatic heterocycles. The van der Waals surface area contributed by atoms with Gasteiger partial charge < -0.3 is 4.98 Å². The highest BCUT2D eigenvalue weighted by Gasteiger charge is 2.17. The van der Waals surface area contributed by atoms with Gasteiger partial charge in [0.1, 0.15) is 5.52 Å². The number of hydrogen-bond acceptors (Lipinski definition) is 5. The Kier molecular flexibility index (Phi) is 2.56. The van der Waals surface area contributed by atoms with Gasteiger partial charge in [-0.1, -0.05) is 0 Å². The molecule has 0 saturated carbocycles. The molecule has 0 saturated heterocycles. The van der Waals surface area contributed by atoms with Gasteiger partial charge in [-0.15, -0.1) is 0 Å². The molecule has 0 atom stereocenters. The minimum Gasteiger partial charge on any atom is -0.329 e. The zero-order valence-electron chi connectivity index (χ0n) is 10.4. The number of nitrogens with one attached hydrogen (secondary N) is 2. The van der Waals surface area contributed by atoms with Gasteiger partial charge in [0.15, 0.2) is 11.5 Å². The summed E-state index contributed by atoms with van der Waals surface area (Å²) in [5, 5.41) is 0. The van der Waals surface area contributed by atoms with Crippen molar-refractivity contribution in [3.05, 3.63) is 56.8 Å². The molecule has 20 heavy (non-hydrogen) atoms. The van der Waals surface area contributed by atoms with E-state index in [1.54, 1.807) is 12.1 Å². The zero-order chi connectivity index (χ0) is 14.3. The van der Waals surface area contributed by atoms with Crippen LogP contribution in [0, 0.1) is 0 Å². The summed E-state index contributed by atoms with van der Waals surface area (Å²) < 4.78 is 1.16. The lowest BCUT2D eigenvalue weighted by atomic mass is 10.2. The highest BCUT2D eigenvalue weighted by atomic mass is 16.2. The molecule has 3 rings (SSSR count). The maximum absolute atomic E-state index is 12.2. The maximum Gasteiger partial charge on any atom is 0.329 e. The number of rotatable bonds is 2. The van der Waals surface area contributed by atoms with Crippen LogP contribution in [0.15, 0.2) is 34.1 Å². The number of aryl methyl sites for hydroxylation is 1. The Hall–Kier alpha value is -3.03. The average molecular weight is 271 g/mol. The topological polar surface area (TPSA) is 114 Å². The van der Waals surface area contributed by atoms with E-state index < -0.39 is 11.2 Å². The second-order valence-corrected chi connectivity index (χ2v) is 4.17. The lowest BCUT2D eigenvalue weighted by Crippen LogP contribution is -2.28. The summed E-state index contributed by atoms with van der Waals surface area (Å²) in [6.45, 7) is 0. The smallest absolute Gasteiger partial charge is 0.329 e. The quantitative estimate of drug-likeness (QED) is 0.614. The second kappa shape index (κ2) is 4.26. The van der Waals surface area contributed by atoms with Crippen molar-refractivity contribution in [1.82, 2.24) is 24.5 Å². The Bertz CT molecular complexity index is 920. The third-order valence-corrected chi connectivity index (χ3v) is 2.91. The summed E-state index contributed by atoms with van der Waals surface area (Å²) in [4.78, 5) is 48.0. The molecule has 0 radical (unpaired) electrons. The van der Waals surface area contributed by atoms with Gasteiger partial charge in [-0.2, -0.15) is 0 Å². The van der Waals surface area contributed by atoms with Crippen molar-refractivity contribution < 1.29 is 4.79 Å². The van der Waals surface area contributed by atoms with Crippen LogP contribution < -0.4 is 11.2 Å². The van der Waals surface area contributed by atoms with Crippen LogP contribution >= 0.6 is 0 Å². The van der Waals surface area contributed by atoms with Gasteiger partial charge in [0.25, 0.3) is 5.56 Å². The molecule has 0 fully saturated rings. The summed E-state index contributed by atoms with van der Waals surface area (Å²) in [7, 11) is 1.46. The van der Waals surface area contributed by atoms with Gasteiger partial charge in [0.2, 0.25) is 5.78 Å². The monoisotopic (exact) mass is 271 g/mol. The van der Waals surface area contributed by atoms with E-state index in [2.05, 4.69) is 19.9 Å². The first-order valence-electron chi connectivity index (χ1n) is 5.71. The molecule has 0 aliphatic heterocycles. The van der Waals surface area contributed by atoms with E-state index in [-0.39, 0.29) is 22.8 Å². The van der Waals surface area contributed by atoms with Crippen LogP contribution in [0.4, 0.5) is 0 Å². The molecule has 0 amide bonds. The van der Waals surface area contributed by atoms with Crippen molar-refractivity contribution >= 4 is 16.9 Å². The van der Waals surface area contributed by atoms with E-state index >= 15 is 0 Å². The molecule has 2 N–H and O–H groups in total. The Morgan fingerprint density at radius 3 is 2.60 bits per heavy atom. The number of nitrogens with zero attached hydrogens (tertiary/aromatic N) is 3. The fourth-order valence-electron chi connectivity index (χ4n) is 1.85. The molecule has 0 aliphatic carbocycles. The molecule has 3 heterocycles. The fraction of sp³-hybridized carbons (Fsp3) is 0.0833. The van der Waals surface area contributed by atoms with Gasteiger partial charge in [-0.3, -0.25) is 24.1 Å². The van der Waals surface area contributed by atoms with E-state index in [1.807, 2.05) is 0 Å². The highest BCUT2D eigenvalue weighted by Crippen LogP contribution is 2.09. The highest BCUT2D eigenvalue weighted by molar-refractivity contribution is 6.07. The normalized spacial score (nSPS) is 10.8. The van der Waals surface area contributed by atoms with Crippen molar-refractivity contribution in [2.75, 3.05) is 0 Å². The number of carbonyl (C=O) groups excluding carboxylic acids is 1. The van der Waals surface area contributed by atoms with Gasteiger partial charge >= 0.3 is 5.69 Å². The molecule has 8 heteroatoms. The van der Waals surface area contributed by atoms with Crippen molar-refractivity contribution in [2.45, 2.75) is 0 Å². The number of aromatic amines is 2. The number of carbonyl (C=O) groups is 1. The predicted molar refractivity (Wildman–Crippen MR) is 69.6 cm³/mol. The van der Waals surface area contributed by atoms with E-state index in [1.165, 1.54) is 19.4 Å². The van der Waals surface area contributed by atoms with Crippen LogP contribution in [0.3, 0.4) is 0 Å². The van der Waals surface area contributed by atoms with E-state index in [0.29, 0.717) is 5.56 Å². The number of fused-ring (bicyclic) bond motifs is 1. The molecule has 3 aromatic rings. The lowest BCUT2D eigenvalue weighted by Gasteiger charge is -1.95. The van der Waals surface area contributed by atoms with Gasteiger partial charge in [0, 0.05) is 25.0 Å². The number of imidazole rings is 1. The van der Waals surface area contributed by atoms with Crippen molar-refractivity contribution in [3.63, 3.8) is 0 Å². The number of H-pyrrole nitrogens is 2. The number of ketones is 1. The molecule has 0 bridgehead atoms. The van der Waals surface area contributed by atoms with Crippen LogP contribution in [0.25, 0.3) is 11.2 Å². The first-order chi connectivity index (χ1) is 9.58. The lowest BCUT2D eigenvalue weighted by molar-refractivity contribution is 0.103. The summed E-state index contributed by atoms with van der Waals surface area (Å²) >= 11 is 0. The SMILES string of the molecule is Cn1c(=O)[nH]c(=O)c2[nH]c(C(=O)c3ccncc3)nc21. The zero-order valence-corrected chi connectivity index (χ0v) is 10.4. The minimum atomic E-state index is -0.607. The molecule has 100 valence electrons. The predicted octanol–water partition coefficient (Wildman–Crippen LogP) is -0.424. The minimum absolute atomic E-state index is 0.00194. The summed E-state index contributed by atoms with van der Waals surface area (Å²) in [5.74, 6) is -0.381. The molecular weight excluding hydrogens is 262 g/mol. The second-order valence-electron chi connectivity index (χ2n) is 4.17. The first-order valence-corrected chi connectivity index (χ1v) is 5.71. The van der Waals surface area contributed by atoms with E-state index in [0.717, 1.165) is 4.57 Å². The molecule has 0 aliphatic rings. The molecule has 0 aromatic carbocycles. The summed E-state index contributed by atoms with van der Waals surface area (Å²) in [5.41, 5.74) is -0.581. The number of pyridine rings is 1. The third-order valence-electron chi connectivity index (χ3n) is 2.91. The largest absolute Gasteiger partial charge is 0.329 e. The number of aromatic nitrogens is 5. The molecular formula is C12H9N5O3. The Balaban J connectivity index is 2.22. The number of hydrogen-bond donors (Lipinski definition) is 2. The molecule has 0 unspecified atom stereocenters. The Morgan fingerprint density at radius 2 is 1.90 bits per heavy atom. The van der Waals surface area contributed by atoms with Crippen molar-refractivity contribution in [2.24, 2.45) is 7.05 Å². The van der Waals surface area contributed by atoms with E-state index in [4.69, 9.17) is 0 Å². The standard InChI is InChI=1S/C12H9N5O3/c1-17-10-7(11(19)16-12(17)20)14-9(15-10)8(18)6-2-4-13-5-3-6/h2-5H,1H3,(H,14,15)(H,16,19,20). The van der Waals surface area contributed by atoms with Gasteiger partial charge in [0.05, 0.1) is 0 Å². The van der Waals surface area contributed by atoms with Gasteiger partial charge in [-0.05, 0) is 12.1 Å². The Labute approximate surface area is 111 Å². The van der Waals surface area contributed by atoms with Crippen LogP contribution in [0.2, 0.25) is 0 Å². The van der Waals surface area contributed by atoms with Crippen LogP contribution in [0.5, 0.6) is 0 Å². The fourth-order valence-corrected chi connectivity index (χ4v) is 1.85. The third kappa shape index (κ3) is 1.74. The van der Waals surface area contributed by atoms with Crippen LogP contribution in [-0.4, -0.2) is 30.3 Å². The molecule has 8 nitrogen and oxygen atoms in total. The van der Waals surface area contributed by atoms with Crippen molar-refractivity contribution in [1.29, 1.82) is 0 Å². The van der Waals surface area contributed by atoms with Gasteiger partial charge in [-0.25, -0.2) is 9.78 Å². The Morgan fingerprint density at radius 1 is 1.20 bits per heavy atom. The van der Waals surface area contributed by atoms with E-state index in [9.17, 15) is 14.4 Å². The molecule has 0 spiro atoms. The summed E-state index contributed by atoms with van der Waals surface area (Å²) in [6.07, 6.45) is 2.97. The first kappa shape index (κ1) is 12.0.